The highest BCUT2D eigenvalue weighted by Gasteiger charge is 2.29. The number of hydrogen-bond acceptors (Lipinski definition) is 4. The number of nitrogen functional groups attached to an aromatic ring is 1. The van der Waals surface area contributed by atoms with E-state index in [4.69, 9.17) is 10.8 Å². The van der Waals surface area contributed by atoms with Gasteiger partial charge in [-0.1, -0.05) is 30.3 Å². The van der Waals surface area contributed by atoms with Gasteiger partial charge in [-0.05, 0) is 87.4 Å². The fourth-order valence-corrected chi connectivity index (χ4v) is 5.54. The van der Waals surface area contributed by atoms with E-state index in [1.807, 2.05) is 28.8 Å². The maximum atomic E-state index is 13.7. The summed E-state index contributed by atoms with van der Waals surface area (Å²) in [7, 11) is 1.97. The van der Waals surface area contributed by atoms with Gasteiger partial charge in [-0.15, -0.1) is 0 Å². The Morgan fingerprint density at radius 2 is 1.74 bits per heavy atom. The number of aryl methyl sites for hydroxylation is 2. The minimum Gasteiger partial charge on any atom is -0.399 e. The average molecular weight is 458 g/mol. The van der Waals surface area contributed by atoms with Gasteiger partial charge in [0.15, 0.2) is 0 Å². The summed E-state index contributed by atoms with van der Waals surface area (Å²) in [4.78, 5) is 18.2. The van der Waals surface area contributed by atoms with Crippen molar-refractivity contribution in [1.82, 2.24) is 14.7 Å². The molecule has 0 bridgehead atoms. The minimum absolute atomic E-state index is 0.0237. The molecule has 2 aromatic carbocycles. The van der Waals surface area contributed by atoms with Gasteiger partial charge in [-0.3, -0.25) is 14.4 Å². The van der Waals surface area contributed by atoms with Crippen molar-refractivity contribution >= 4 is 17.4 Å². The molecule has 1 saturated heterocycles. The molecule has 1 amide bonds. The van der Waals surface area contributed by atoms with Gasteiger partial charge in [0.2, 0.25) is 0 Å². The lowest BCUT2D eigenvalue weighted by Crippen LogP contribution is -2.42. The number of nitrogens with zero attached hydrogens (tertiary/aromatic N) is 4. The second-order valence-electron chi connectivity index (χ2n) is 9.68. The SMILES string of the molecule is Cn1nc2c(c1N(CCN1CCC(c3ccccc3)CC1)C(=O)c1ccc(N)cc1)CCCC2. The van der Waals surface area contributed by atoms with E-state index >= 15 is 0 Å². The van der Waals surface area contributed by atoms with E-state index in [0.717, 1.165) is 63.3 Å². The van der Waals surface area contributed by atoms with Crippen LogP contribution in [0.1, 0.15) is 58.8 Å². The number of likely N-dealkylation sites (tertiary alicyclic amines) is 1. The van der Waals surface area contributed by atoms with Crippen LogP contribution in [-0.2, 0) is 19.9 Å². The summed E-state index contributed by atoms with van der Waals surface area (Å²) in [6.45, 7) is 3.65. The quantitative estimate of drug-likeness (QED) is 0.557. The number of rotatable bonds is 6. The average Bonchev–Trinajstić information content (AvgIpc) is 3.21. The van der Waals surface area contributed by atoms with Crippen LogP contribution in [0.3, 0.4) is 0 Å². The summed E-state index contributed by atoms with van der Waals surface area (Å²) in [5, 5.41) is 4.79. The molecule has 6 nitrogen and oxygen atoms in total. The Morgan fingerprint density at radius 1 is 1.03 bits per heavy atom. The molecule has 6 heteroatoms. The van der Waals surface area contributed by atoms with Crippen LogP contribution in [0.2, 0.25) is 0 Å². The lowest BCUT2D eigenvalue weighted by atomic mass is 9.89. The summed E-state index contributed by atoms with van der Waals surface area (Å²) in [5.74, 6) is 1.63. The van der Waals surface area contributed by atoms with E-state index in [1.165, 1.54) is 17.5 Å². The fourth-order valence-electron chi connectivity index (χ4n) is 5.54. The largest absolute Gasteiger partial charge is 0.399 e. The summed E-state index contributed by atoms with van der Waals surface area (Å²) in [6, 6.07) is 18.1. The van der Waals surface area contributed by atoms with E-state index < -0.39 is 0 Å². The molecular weight excluding hydrogens is 422 g/mol. The maximum absolute atomic E-state index is 13.7. The van der Waals surface area contributed by atoms with Crippen LogP contribution >= 0.6 is 0 Å². The Balaban J connectivity index is 1.33. The summed E-state index contributed by atoms with van der Waals surface area (Å²) in [5.41, 5.74) is 11.1. The predicted molar refractivity (Wildman–Crippen MR) is 137 cm³/mol. The molecule has 178 valence electrons. The van der Waals surface area contributed by atoms with Crippen molar-refractivity contribution in [2.75, 3.05) is 36.8 Å². The number of benzene rings is 2. The van der Waals surface area contributed by atoms with Crippen LogP contribution in [-0.4, -0.2) is 46.8 Å². The zero-order valence-electron chi connectivity index (χ0n) is 20.1. The molecule has 5 rings (SSSR count). The Kier molecular flexibility index (Phi) is 6.68. The topological polar surface area (TPSA) is 67.4 Å². The van der Waals surface area contributed by atoms with E-state index in [9.17, 15) is 4.79 Å². The summed E-state index contributed by atoms with van der Waals surface area (Å²) >= 11 is 0. The van der Waals surface area contributed by atoms with Crippen LogP contribution in [0.15, 0.2) is 54.6 Å². The van der Waals surface area contributed by atoms with Crippen molar-refractivity contribution < 1.29 is 4.79 Å². The predicted octanol–water partition coefficient (Wildman–Crippen LogP) is 4.41. The molecule has 1 fully saturated rings. The first-order valence-corrected chi connectivity index (χ1v) is 12.6. The van der Waals surface area contributed by atoms with Crippen LogP contribution in [0.25, 0.3) is 0 Å². The van der Waals surface area contributed by atoms with Crippen molar-refractivity contribution in [2.45, 2.75) is 44.4 Å². The lowest BCUT2D eigenvalue weighted by Gasteiger charge is -2.34. The normalized spacial score (nSPS) is 16.9. The van der Waals surface area contributed by atoms with E-state index in [0.29, 0.717) is 23.7 Å². The smallest absolute Gasteiger partial charge is 0.259 e. The van der Waals surface area contributed by atoms with Gasteiger partial charge in [0.05, 0.1) is 5.69 Å². The third-order valence-electron chi connectivity index (χ3n) is 7.44. The molecule has 0 spiro atoms. The molecule has 1 aliphatic carbocycles. The molecule has 1 aliphatic heterocycles. The molecule has 0 radical (unpaired) electrons. The fraction of sp³-hybridized carbons (Fsp3) is 0.429. The van der Waals surface area contributed by atoms with Gasteiger partial charge in [0, 0.05) is 37.0 Å². The number of aromatic nitrogens is 2. The third-order valence-corrected chi connectivity index (χ3v) is 7.44. The lowest BCUT2D eigenvalue weighted by molar-refractivity contribution is 0.0979. The minimum atomic E-state index is 0.0237. The van der Waals surface area contributed by atoms with Crippen molar-refractivity contribution in [3.05, 3.63) is 77.0 Å². The first-order valence-electron chi connectivity index (χ1n) is 12.6. The number of piperidine rings is 1. The van der Waals surface area contributed by atoms with E-state index in [-0.39, 0.29) is 5.91 Å². The first-order chi connectivity index (χ1) is 16.6. The van der Waals surface area contributed by atoms with Crippen LogP contribution in [0.5, 0.6) is 0 Å². The van der Waals surface area contributed by atoms with Gasteiger partial charge in [0.25, 0.3) is 5.91 Å². The second-order valence-corrected chi connectivity index (χ2v) is 9.68. The molecule has 0 unspecified atom stereocenters. The molecule has 34 heavy (non-hydrogen) atoms. The summed E-state index contributed by atoms with van der Waals surface area (Å²) < 4.78 is 1.92. The number of carbonyl (C=O) groups excluding carboxylic acids is 1. The van der Waals surface area contributed by atoms with Crippen molar-refractivity contribution in [2.24, 2.45) is 7.05 Å². The monoisotopic (exact) mass is 457 g/mol. The molecule has 0 atom stereocenters. The highest BCUT2D eigenvalue weighted by atomic mass is 16.2. The number of fused-ring (bicyclic) bond motifs is 1. The second kappa shape index (κ2) is 10.0. The van der Waals surface area contributed by atoms with Gasteiger partial charge < -0.3 is 10.6 Å². The van der Waals surface area contributed by atoms with Crippen LogP contribution in [0, 0.1) is 0 Å². The summed E-state index contributed by atoms with van der Waals surface area (Å²) in [6.07, 6.45) is 6.65. The zero-order valence-corrected chi connectivity index (χ0v) is 20.1. The van der Waals surface area contributed by atoms with Gasteiger partial charge in [0.1, 0.15) is 5.82 Å². The Morgan fingerprint density at radius 3 is 2.47 bits per heavy atom. The first kappa shape index (κ1) is 22.7. The molecule has 2 N–H and O–H groups in total. The van der Waals surface area contributed by atoms with Crippen LogP contribution < -0.4 is 10.6 Å². The number of anilines is 2. The molecular formula is C28H35N5O. The van der Waals surface area contributed by atoms with Crippen molar-refractivity contribution in [3.8, 4) is 0 Å². The standard InChI is InChI=1S/C28H35N5O/c1-31-27(25-9-5-6-10-26(25)30-31)33(28(34)23-11-13-24(29)14-12-23)20-19-32-17-15-22(16-18-32)21-7-3-2-4-8-21/h2-4,7-8,11-14,22H,5-6,9-10,15-20,29H2,1H3. The molecule has 2 heterocycles. The Labute approximate surface area is 202 Å². The van der Waals surface area contributed by atoms with E-state index in [1.54, 1.807) is 12.1 Å². The number of hydrogen-bond donors (Lipinski definition) is 1. The maximum Gasteiger partial charge on any atom is 0.259 e. The number of amides is 1. The van der Waals surface area contributed by atoms with E-state index in [2.05, 4.69) is 35.2 Å². The highest BCUT2D eigenvalue weighted by molar-refractivity contribution is 6.06. The van der Waals surface area contributed by atoms with Gasteiger partial charge in [-0.25, -0.2) is 0 Å². The zero-order chi connectivity index (χ0) is 23.5. The van der Waals surface area contributed by atoms with Gasteiger partial charge >= 0.3 is 0 Å². The molecule has 3 aromatic rings. The number of carbonyl (C=O) groups is 1. The number of nitrogens with two attached hydrogens (primary N) is 1. The highest BCUT2D eigenvalue weighted by Crippen LogP contribution is 2.32. The molecule has 1 aromatic heterocycles. The molecule has 0 saturated carbocycles. The van der Waals surface area contributed by atoms with Crippen LogP contribution in [0.4, 0.5) is 11.5 Å². The van der Waals surface area contributed by atoms with Gasteiger partial charge in [-0.2, -0.15) is 5.10 Å². The Hall–Kier alpha value is -3.12. The van der Waals surface area contributed by atoms with Crippen molar-refractivity contribution in [1.29, 1.82) is 0 Å². The third kappa shape index (κ3) is 4.73. The molecule has 2 aliphatic rings. The van der Waals surface area contributed by atoms with Crippen molar-refractivity contribution in [3.63, 3.8) is 0 Å². The Bertz CT molecular complexity index is 1110.